The lowest BCUT2D eigenvalue weighted by Gasteiger charge is -2.25. The van der Waals surface area contributed by atoms with E-state index in [1.807, 2.05) is 0 Å². The van der Waals surface area contributed by atoms with Gasteiger partial charge in [-0.2, -0.15) is 13.2 Å². The molecule has 2 aromatic rings. The van der Waals surface area contributed by atoms with Crippen molar-refractivity contribution < 1.29 is 26.8 Å². The summed E-state index contributed by atoms with van der Waals surface area (Å²) in [6.07, 6.45) is -7.13. The zero-order valence-electron chi connectivity index (χ0n) is 12.0. The summed E-state index contributed by atoms with van der Waals surface area (Å²) < 4.78 is 61.9. The first kappa shape index (κ1) is 17.9. The van der Waals surface area contributed by atoms with E-state index in [1.165, 1.54) is 36.4 Å². The van der Waals surface area contributed by atoms with Crippen LogP contribution in [0.1, 0.15) is 11.7 Å². The Morgan fingerprint density at radius 1 is 1.04 bits per heavy atom. The molecule has 0 bridgehead atoms. The van der Waals surface area contributed by atoms with Gasteiger partial charge in [0.05, 0.1) is 0 Å². The fourth-order valence-electron chi connectivity index (χ4n) is 1.83. The van der Waals surface area contributed by atoms with E-state index in [4.69, 9.17) is 20.6 Å². The van der Waals surface area contributed by atoms with Crippen LogP contribution in [0.15, 0.2) is 54.6 Å². The van der Waals surface area contributed by atoms with Gasteiger partial charge in [0.15, 0.2) is 6.10 Å². The second kappa shape index (κ2) is 6.95. The van der Waals surface area contributed by atoms with Gasteiger partial charge in [0, 0.05) is 11.7 Å². The fourth-order valence-corrected chi connectivity index (χ4v) is 3.13. The van der Waals surface area contributed by atoms with Crippen molar-refractivity contribution in [1.29, 1.82) is 0 Å². The molecule has 0 radical (unpaired) electrons. The Morgan fingerprint density at radius 2 is 1.61 bits per heavy atom. The molecule has 0 saturated carbocycles. The number of alkyl halides is 3. The van der Waals surface area contributed by atoms with Crippen LogP contribution in [0.25, 0.3) is 0 Å². The van der Waals surface area contributed by atoms with Crippen LogP contribution in [0.2, 0.25) is 5.02 Å². The molecule has 124 valence electrons. The summed E-state index contributed by atoms with van der Waals surface area (Å²) in [6, 6.07) is 12.8. The third-order valence-electron chi connectivity index (χ3n) is 2.78. The van der Waals surface area contributed by atoms with E-state index in [2.05, 4.69) is 0 Å². The summed E-state index contributed by atoms with van der Waals surface area (Å²) in [6.45, 7) is 0.995. The van der Waals surface area contributed by atoms with Gasteiger partial charge in [0.1, 0.15) is 5.75 Å². The van der Waals surface area contributed by atoms with Gasteiger partial charge in [-0.1, -0.05) is 41.9 Å². The largest absolute Gasteiger partial charge is 0.425 e. The van der Waals surface area contributed by atoms with Crippen LogP contribution >= 0.6 is 19.2 Å². The van der Waals surface area contributed by atoms with Crippen LogP contribution in [0.5, 0.6) is 5.75 Å². The predicted molar refractivity (Wildman–Crippen MR) is 81.9 cm³/mol. The van der Waals surface area contributed by atoms with Crippen LogP contribution in [0, 0.1) is 0 Å². The molecule has 2 atom stereocenters. The van der Waals surface area contributed by atoms with Crippen molar-refractivity contribution >= 4 is 19.2 Å². The van der Waals surface area contributed by atoms with Gasteiger partial charge in [-0.25, -0.2) is 4.57 Å². The molecule has 2 aromatic carbocycles. The Kier molecular flexibility index (Phi) is 5.40. The SMILES string of the molecule is C[P@@](=O)(Oc1ccccc1)O[C@@H](c1ccc(Cl)cc1)C(F)(F)F. The maximum Gasteiger partial charge on any atom is 0.419 e. The van der Waals surface area contributed by atoms with Gasteiger partial charge >= 0.3 is 13.8 Å². The molecule has 0 unspecified atom stereocenters. The van der Waals surface area contributed by atoms with Crippen molar-refractivity contribution in [3.05, 3.63) is 65.2 Å². The summed E-state index contributed by atoms with van der Waals surface area (Å²) in [4.78, 5) is 0. The Bertz CT molecular complexity index is 689. The zero-order valence-corrected chi connectivity index (χ0v) is 13.6. The van der Waals surface area contributed by atoms with Gasteiger partial charge in [0.2, 0.25) is 0 Å². The highest BCUT2D eigenvalue weighted by atomic mass is 35.5. The molecule has 3 nitrogen and oxygen atoms in total. The number of rotatable bonds is 5. The first-order chi connectivity index (χ1) is 10.7. The molecule has 0 saturated heterocycles. The second-order valence-corrected chi connectivity index (χ2v) is 7.13. The van der Waals surface area contributed by atoms with Crippen LogP contribution in [-0.4, -0.2) is 12.8 Å². The van der Waals surface area contributed by atoms with Crippen molar-refractivity contribution in [2.24, 2.45) is 0 Å². The molecule has 0 N–H and O–H groups in total. The number of hydrogen-bond donors (Lipinski definition) is 0. The second-order valence-electron chi connectivity index (χ2n) is 4.75. The smallest absolute Gasteiger partial charge is 0.419 e. The molecule has 0 heterocycles. The highest BCUT2D eigenvalue weighted by molar-refractivity contribution is 7.53. The van der Waals surface area contributed by atoms with Gasteiger partial charge < -0.3 is 4.52 Å². The lowest BCUT2D eigenvalue weighted by Crippen LogP contribution is -2.23. The Hall–Kier alpha value is -1.49. The Labute approximate surface area is 136 Å². The number of halogens is 4. The average molecular weight is 365 g/mol. The maximum absolute atomic E-state index is 13.2. The van der Waals surface area contributed by atoms with E-state index in [1.54, 1.807) is 18.2 Å². The van der Waals surface area contributed by atoms with Gasteiger partial charge in [-0.05, 0) is 29.8 Å². The summed E-state index contributed by atoms with van der Waals surface area (Å²) in [7, 11) is -4.00. The quantitative estimate of drug-likeness (QED) is 0.623. The summed E-state index contributed by atoms with van der Waals surface area (Å²) >= 11 is 5.67. The van der Waals surface area contributed by atoms with E-state index in [-0.39, 0.29) is 16.3 Å². The predicted octanol–water partition coefficient (Wildman–Crippen LogP) is 5.86. The summed E-state index contributed by atoms with van der Waals surface area (Å²) in [5.74, 6) is 0.162. The van der Waals surface area contributed by atoms with Crippen LogP contribution in [-0.2, 0) is 9.09 Å². The van der Waals surface area contributed by atoms with Crippen LogP contribution in [0.3, 0.4) is 0 Å². The van der Waals surface area contributed by atoms with E-state index in [0.29, 0.717) is 0 Å². The van der Waals surface area contributed by atoms with E-state index >= 15 is 0 Å². The van der Waals surface area contributed by atoms with E-state index in [9.17, 15) is 17.7 Å². The number of benzene rings is 2. The standard InChI is InChI=1S/C15H13ClF3O3P/c1-23(20,21-13-5-3-2-4-6-13)22-14(15(17,18)19)11-7-9-12(16)10-8-11/h2-10,14H,1H3/t14-,23+/m0/s1. The first-order valence-electron chi connectivity index (χ1n) is 6.50. The average Bonchev–Trinajstić information content (AvgIpc) is 2.45. The third kappa shape index (κ3) is 5.27. The zero-order chi connectivity index (χ0) is 17.1. The van der Waals surface area contributed by atoms with Gasteiger partial charge in [0.25, 0.3) is 0 Å². The highest BCUT2D eigenvalue weighted by Crippen LogP contribution is 2.52. The highest BCUT2D eigenvalue weighted by Gasteiger charge is 2.45. The number of hydrogen-bond acceptors (Lipinski definition) is 3. The monoisotopic (exact) mass is 364 g/mol. The molecule has 8 heteroatoms. The molecular weight excluding hydrogens is 352 g/mol. The van der Waals surface area contributed by atoms with Crippen LogP contribution < -0.4 is 4.52 Å². The Balaban J connectivity index is 2.23. The topological polar surface area (TPSA) is 35.5 Å². The van der Waals surface area contributed by atoms with Crippen molar-refractivity contribution in [2.45, 2.75) is 12.3 Å². The molecule has 0 spiro atoms. The van der Waals surface area contributed by atoms with E-state index in [0.717, 1.165) is 6.66 Å². The van der Waals surface area contributed by atoms with Crippen molar-refractivity contribution in [1.82, 2.24) is 0 Å². The molecule has 2 rings (SSSR count). The van der Waals surface area contributed by atoms with Crippen molar-refractivity contribution in [3.8, 4) is 5.75 Å². The minimum atomic E-state index is -4.75. The molecule has 0 aliphatic rings. The third-order valence-corrected chi connectivity index (χ3v) is 4.17. The lowest BCUT2D eigenvalue weighted by atomic mass is 10.1. The fraction of sp³-hybridized carbons (Fsp3) is 0.200. The summed E-state index contributed by atoms with van der Waals surface area (Å²) in [5, 5.41) is 0.287. The molecule has 0 fully saturated rings. The molecule has 0 amide bonds. The number of para-hydroxylation sites is 1. The van der Waals surface area contributed by atoms with Gasteiger partial charge in [-0.3, -0.25) is 4.52 Å². The van der Waals surface area contributed by atoms with Crippen molar-refractivity contribution in [3.63, 3.8) is 0 Å². The van der Waals surface area contributed by atoms with Crippen LogP contribution in [0.4, 0.5) is 13.2 Å². The minimum absolute atomic E-state index is 0.162. The normalized spacial score (nSPS) is 15.7. The van der Waals surface area contributed by atoms with E-state index < -0.39 is 19.9 Å². The molecule has 0 aliphatic carbocycles. The summed E-state index contributed by atoms with van der Waals surface area (Å²) in [5.41, 5.74) is -0.208. The lowest BCUT2D eigenvalue weighted by molar-refractivity contribution is -0.199. The Morgan fingerprint density at radius 3 is 2.13 bits per heavy atom. The molecule has 23 heavy (non-hydrogen) atoms. The molecule has 0 aliphatic heterocycles. The molecule has 0 aromatic heterocycles. The minimum Gasteiger partial charge on any atom is -0.425 e. The maximum atomic E-state index is 13.2. The van der Waals surface area contributed by atoms with Crippen molar-refractivity contribution in [2.75, 3.05) is 6.66 Å². The molecular formula is C15H13ClF3O3P. The van der Waals surface area contributed by atoms with Gasteiger partial charge in [-0.15, -0.1) is 0 Å². The first-order valence-corrected chi connectivity index (χ1v) is 8.87.